The van der Waals surface area contributed by atoms with Crippen LogP contribution in [0.2, 0.25) is 0 Å². The van der Waals surface area contributed by atoms with Crippen molar-refractivity contribution in [2.45, 2.75) is 19.8 Å². The summed E-state index contributed by atoms with van der Waals surface area (Å²) in [5, 5.41) is 0. The van der Waals surface area contributed by atoms with E-state index in [0.29, 0.717) is 28.3 Å². The number of rotatable bonds is 6. The fraction of sp³-hybridized carbons (Fsp3) is 0.533. The number of nitrogens with zero attached hydrogens (tertiary/aromatic N) is 2. The molecule has 1 amide bonds. The predicted octanol–water partition coefficient (Wildman–Crippen LogP) is 1.88. The van der Waals surface area contributed by atoms with Crippen molar-refractivity contribution in [3.63, 3.8) is 0 Å². The first-order valence-electron chi connectivity index (χ1n) is 7.48. The molecule has 2 rings (SSSR count). The first-order valence-corrected chi connectivity index (χ1v) is 8.70. The van der Waals surface area contributed by atoms with E-state index >= 15 is 0 Å². The van der Waals surface area contributed by atoms with E-state index in [2.05, 4.69) is 0 Å². The third-order valence-electron chi connectivity index (χ3n) is 3.35. The summed E-state index contributed by atoms with van der Waals surface area (Å²) >= 11 is 6.36. The van der Waals surface area contributed by atoms with Gasteiger partial charge in [0.1, 0.15) is 17.5 Å². The van der Waals surface area contributed by atoms with Crippen LogP contribution in [-0.2, 0) is 19.1 Å². The second kappa shape index (κ2) is 8.35. The van der Waals surface area contributed by atoms with Crippen molar-refractivity contribution < 1.29 is 19.1 Å². The number of unbranched alkanes of at least 4 members (excludes halogenated alkanes) is 1. The number of carbonyl (C=O) groups is 2. The van der Waals surface area contributed by atoms with Gasteiger partial charge in [-0.2, -0.15) is 0 Å². The van der Waals surface area contributed by atoms with Gasteiger partial charge >= 0.3 is 5.97 Å². The summed E-state index contributed by atoms with van der Waals surface area (Å²) in [5.74, 6) is 0.00685. The maximum absolute atomic E-state index is 12.3. The lowest BCUT2D eigenvalue weighted by Gasteiger charge is -2.13. The molecule has 2 saturated heterocycles. The van der Waals surface area contributed by atoms with Crippen molar-refractivity contribution >= 4 is 40.2 Å². The highest BCUT2D eigenvalue weighted by Gasteiger charge is 2.33. The van der Waals surface area contributed by atoms with E-state index in [0.717, 1.165) is 19.4 Å². The molecule has 0 aromatic rings. The molecule has 2 aliphatic rings. The van der Waals surface area contributed by atoms with Crippen LogP contribution in [0.25, 0.3) is 0 Å². The number of amides is 1. The number of thioether (sulfide) groups is 1. The molecule has 0 saturated carbocycles. The fourth-order valence-corrected chi connectivity index (χ4v) is 3.18. The van der Waals surface area contributed by atoms with Crippen molar-refractivity contribution in [3.8, 4) is 0 Å². The third kappa shape index (κ3) is 4.71. The van der Waals surface area contributed by atoms with E-state index in [-0.39, 0.29) is 12.5 Å². The molecule has 0 N–H and O–H groups in total. The van der Waals surface area contributed by atoms with E-state index in [4.69, 9.17) is 21.7 Å². The predicted molar refractivity (Wildman–Crippen MR) is 92.5 cm³/mol. The molecule has 6 nitrogen and oxygen atoms in total. The summed E-state index contributed by atoms with van der Waals surface area (Å²) in [5.41, 5.74) is 0. The van der Waals surface area contributed by atoms with Gasteiger partial charge in [-0.1, -0.05) is 37.3 Å². The van der Waals surface area contributed by atoms with Gasteiger partial charge in [-0.05, 0) is 18.6 Å². The largest absolute Gasteiger partial charge is 0.477 e. The number of likely N-dealkylation sites (N-methyl/N-ethyl adjacent to an activating group) is 1. The number of esters is 1. The standard InChI is InChI=1S/C15H20N2O4S2/c1-3-4-8-21-13(18)10-17-14(19)11(23-15(17)22)5-6-12-16(2)7-9-20-12/h5-6H,3-4,7-10H2,1-2H3/b11-5+,12-6-. The number of ether oxygens (including phenoxy) is 2. The smallest absolute Gasteiger partial charge is 0.326 e. The molecule has 0 spiro atoms. The maximum Gasteiger partial charge on any atom is 0.326 e. The van der Waals surface area contributed by atoms with E-state index in [9.17, 15) is 9.59 Å². The van der Waals surface area contributed by atoms with Crippen LogP contribution in [0.15, 0.2) is 22.9 Å². The van der Waals surface area contributed by atoms with Crippen LogP contribution in [-0.4, -0.2) is 59.3 Å². The lowest BCUT2D eigenvalue weighted by molar-refractivity contribution is -0.146. The Morgan fingerprint density at radius 3 is 2.91 bits per heavy atom. The Kier molecular flexibility index (Phi) is 6.47. The van der Waals surface area contributed by atoms with Gasteiger partial charge in [0.05, 0.1) is 18.1 Å². The second-order valence-electron chi connectivity index (χ2n) is 5.14. The molecule has 2 heterocycles. The Labute approximate surface area is 145 Å². The number of thiocarbonyl (C=S) groups is 1. The van der Waals surface area contributed by atoms with Crippen LogP contribution >= 0.6 is 24.0 Å². The molecular formula is C15H20N2O4S2. The summed E-state index contributed by atoms with van der Waals surface area (Å²) in [7, 11) is 1.92. The van der Waals surface area contributed by atoms with Crippen molar-refractivity contribution in [1.82, 2.24) is 9.80 Å². The second-order valence-corrected chi connectivity index (χ2v) is 6.81. The van der Waals surface area contributed by atoms with Gasteiger partial charge in [-0.25, -0.2) is 0 Å². The Morgan fingerprint density at radius 2 is 2.26 bits per heavy atom. The topological polar surface area (TPSA) is 59.1 Å². The summed E-state index contributed by atoms with van der Waals surface area (Å²) in [6.45, 7) is 3.71. The average molecular weight is 356 g/mol. The van der Waals surface area contributed by atoms with Crippen molar-refractivity contribution in [2.75, 3.05) is 33.4 Å². The van der Waals surface area contributed by atoms with Gasteiger partial charge < -0.3 is 14.4 Å². The zero-order valence-electron chi connectivity index (χ0n) is 13.2. The molecule has 8 heteroatoms. The van der Waals surface area contributed by atoms with E-state index < -0.39 is 5.97 Å². The van der Waals surface area contributed by atoms with Crippen LogP contribution in [0.4, 0.5) is 0 Å². The minimum atomic E-state index is -0.437. The lowest BCUT2D eigenvalue weighted by atomic mass is 10.4. The Bertz CT molecular complexity index is 560. The quantitative estimate of drug-likeness (QED) is 0.312. The molecule has 0 aromatic heterocycles. The highest BCUT2D eigenvalue weighted by Crippen LogP contribution is 2.31. The number of hydrogen-bond acceptors (Lipinski definition) is 7. The minimum absolute atomic E-state index is 0.140. The summed E-state index contributed by atoms with van der Waals surface area (Å²) in [6, 6.07) is 0. The normalized spacial score (nSPS) is 21.5. The molecule has 2 fully saturated rings. The Morgan fingerprint density at radius 1 is 1.48 bits per heavy atom. The molecule has 23 heavy (non-hydrogen) atoms. The van der Waals surface area contributed by atoms with Crippen molar-refractivity contribution in [2.24, 2.45) is 0 Å². The molecule has 0 bridgehead atoms. The summed E-state index contributed by atoms with van der Waals surface area (Å²) in [6.07, 6.45) is 5.19. The first kappa shape index (κ1) is 17.8. The zero-order chi connectivity index (χ0) is 16.8. The van der Waals surface area contributed by atoms with E-state index in [1.54, 1.807) is 12.2 Å². The van der Waals surface area contributed by atoms with Gasteiger partial charge in [0.15, 0.2) is 5.88 Å². The third-order valence-corrected chi connectivity index (χ3v) is 4.75. The van der Waals surface area contributed by atoms with Crippen LogP contribution < -0.4 is 0 Å². The summed E-state index contributed by atoms with van der Waals surface area (Å²) < 4.78 is 10.9. The Balaban J connectivity index is 1.95. The average Bonchev–Trinajstić information content (AvgIpc) is 3.03. The van der Waals surface area contributed by atoms with E-state index in [1.807, 2.05) is 18.9 Å². The van der Waals surface area contributed by atoms with Crippen LogP contribution in [0, 0.1) is 0 Å². The highest BCUT2D eigenvalue weighted by atomic mass is 32.2. The molecule has 0 radical (unpaired) electrons. The number of carbonyl (C=O) groups excluding carboxylic acids is 2. The van der Waals surface area contributed by atoms with Gasteiger partial charge in [-0.15, -0.1) is 0 Å². The molecular weight excluding hydrogens is 336 g/mol. The van der Waals surface area contributed by atoms with Crippen LogP contribution in [0.5, 0.6) is 0 Å². The fourth-order valence-electron chi connectivity index (χ4n) is 1.99. The van der Waals surface area contributed by atoms with Crippen LogP contribution in [0.1, 0.15) is 19.8 Å². The van der Waals surface area contributed by atoms with Crippen molar-refractivity contribution in [1.29, 1.82) is 0 Å². The molecule has 0 aliphatic carbocycles. The zero-order valence-corrected chi connectivity index (χ0v) is 14.9. The van der Waals surface area contributed by atoms with Gasteiger partial charge in [0.2, 0.25) is 0 Å². The first-order chi connectivity index (χ1) is 11.0. The highest BCUT2D eigenvalue weighted by molar-refractivity contribution is 8.26. The van der Waals surface area contributed by atoms with Crippen molar-refractivity contribution in [3.05, 3.63) is 22.9 Å². The van der Waals surface area contributed by atoms with Gasteiger partial charge in [0, 0.05) is 7.05 Å². The molecule has 0 atom stereocenters. The van der Waals surface area contributed by atoms with Gasteiger partial charge in [-0.3, -0.25) is 14.5 Å². The lowest BCUT2D eigenvalue weighted by Crippen LogP contribution is -2.34. The monoisotopic (exact) mass is 356 g/mol. The Hall–Kier alpha value is -1.54. The molecule has 2 aliphatic heterocycles. The van der Waals surface area contributed by atoms with Crippen LogP contribution in [0.3, 0.4) is 0 Å². The molecule has 0 aromatic carbocycles. The SMILES string of the molecule is CCCCOC(=O)CN1C(=O)/C(=C\C=C2/OCCN2C)SC1=S. The summed E-state index contributed by atoms with van der Waals surface area (Å²) in [4.78, 5) is 27.8. The maximum atomic E-state index is 12.3. The molecule has 0 unspecified atom stereocenters. The van der Waals surface area contributed by atoms with E-state index in [1.165, 1.54) is 16.7 Å². The minimum Gasteiger partial charge on any atom is -0.477 e. The number of allylic oxidation sites excluding steroid dienone is 2. The van der Waals surface area contributed by atoms with Gasteiger partial charge in [0.25, 0.3) is 5.91 Å². The molecule has 126 valence electrons. The number of hydrogen-bond donors (Lipinski definition) is 0.